The van der Waals surface area contributed by atoms with Gasteiger partial charge in [0.2, 0.25) is 10.0 Å². The molecular formula is C11H17FN2O3S. The molecule has 1 aromatic carbocycles. The summed E-state index contributed by atoms with van der Waals surface area (Å²) in [6.07, 6.45) is -0.294. The second kappa shape index (κ2) is 6.12. The van der Waals surface area contributed by atoms with E-state index in [0.717, 1.165) is 6.07 Å². The Morgan fingerprint density at radius 1 is 1.50 bits per heavy atom. The molecule has 0 saturated heterocycles. The maximum Gasteiger partial charge on any atom is 0.245 e. The summed E-state index contributed by atoms with van der Waals surface area (Å²) in [7, 11) is -3.97. The van der Waals surface area contributed by atoms with Crippen LogP contribution >= 0.6 is 0 Å². The highest BCUT2D eigenvalue weighted by Gasteiger charge is 2.22. The fraction of sp³-hybridized carbons (Fsp3) is 0.455. The molecule has 0 aliphatic heterocycles. The van der Waals surface area contributed by atoms with Gasteiger partial charge in [-0.05, 0) is 26.0 Å². The molecule has 102 valence electrons. The number of halogens is 1. The number of anilines is 1. The largest absolute Gasteiger partial charge is 0.398 e. The zero-order valence-electron chi connectivity index (χ0n) is 10.3. The molecule has 3 N–H and O–H groups in total. The van der Waals surface area contributed by atoms with Crippen LogP contribution in [-0.2, 0) is 14.8 Å². The summed E-state index contributed by atoms with van der Waals surface area (Å²) >= 11 is 0. The van der Waals surface area contributed by atoms with Crippen molar-refractivity contribution in [2.45, 2.75) is 24.8 Å². The molecular weight excluding hydrogens is 259 g/mol. The van der Waals surface area contributed by atoms with Gasteiger partial charge in [0.25, 0.3) is 0 Å². The van der Waals surface area contributed by atoms with E-state index in [0.29, 0.717) is 6.61 Å². The summed E-state index contributed by atoms with van der Waals surface area (Å²) in [5, 5.41) is 0. The Hall–Kier alpha value is -1.18. The van der Waals surface area contributed by atoms with Crippen LogP contribution in [0.5, 0.6) is 0 Å². The smallest absolute Gasteiger partial charge is 0.245 e. The monoisotopic (exact) mass is 276 g/mol. The van der Waals surface area contributed by atoms with E-state index < -0.39 is 20.7 Å². The summed E-state index contributed by atoms with van der Waals surface area (Å²) in [5.74, 6) is -0.869. The van der Waals surface area contributed by atoms with Crippen molar-refractivity contribution in [1.29, 1.82) is 0 Å². The molecule has 1 atom stereocenters. The molecule has 1 unspecified atom stereocenters. The molecule has 0 spiro atoms. The SMILES string of the molecule is CCOC(C)CNS(=O)(=O)c1c(N)cccc1F. The van der Waals surface area contributed by atoms with Gasteiger partial charge in [-0.3, -0.25) is 0 Å². The lowest BCUT2D eigenvalue weighted by Crippen LogP contribution is -2.33. The third-order valence-electron chi connectivity index (χ3n) is 2.28. The molecule has 0 radical (unpaired) electrons. The van der Waals surface area contributed by atoms with Gasteiger partial charge in [0.15, 0.2) is 0 Å². The highest BCUT2D eigenvalue weighted by molar-refractivity contribution is 7.89. The van der Waals surface area contributed by atoms with Crippen molar-refractivity contribution >= 4 is 15.7 Å². The topological polar surface area (TPSA) is 81.4 Å². The fourth-order valence-corrected chi connectivity index (χ4v) is 2.75. The summed E-state index contributed by atoms with van der Waals surface area (Å²) in [5.41, 5.74) is 5.36. The van der Waals surface area contributed by atoms with E-state index in [-0.39, 0.29) is 18.3 Å². The van der Waals surface area contributed by atoms with Crippen molar-refractivity contribution in [2.75, 3.05) is 18.9 Å². The Morgan fingerprint density at radius 2 is 2.17 bits per heavy atom. The molecule has 0 fully saturated rings. The second-order valence-corrected chi connectivity index (χ2v) is 5.48. The standard InChI is InChI=1S/C11H17FN2O3S/c1-3-17-8(2)7-14-18(15,16)11-9(12)5-4-6-10(11)13/h4-6,8,14H,3,7,13H2,1-2H3. The number of sulfonamides is 1. The molecule has 0 aliphatic carbocycles. The van der Waals surface area contributed by atoms with Crippen LogP contribution in [0.4, 0.5) is 10.1 Å². The van der Waals surface area contributed by atoms with Gasteiger partial charge in [-0.2, -0.15) is 0 Å². The van der Waals surface area contributed by atoms with Gasteiger partial charge in [-0.15, -0.1) is 0 Å². The summed E-state index contributed by atoms with van der Waals surface area (Å²) in [6.45, 7) is 4.06. The lowest BCUT2D eigenvalue weighted by Gasteiger charge is -2.14. The molecule has 0 saturated carbocycles. The van der Waals surface area contributed by atoms with Crippen molar-refractivity contribution in [2.24, 2.45) is 0 Å². The molecule has 0 aromatic heterocycles. The van der Waals surface area contributed by atoms with E-state index in [1.165, 1.54) is 12.1 Å². The minimum Gasteiger partial charge on any atom is -0.398 e. The average molecular weight is 276 g/mol. The van der Waals surface area contributed by atoms with E-state index in [4.69, 9.17) is 10.5 Å². The summed E-state index contributed by atoms with van der Waals surface area (Å²) < 4.78 is 44.7. The number of nitrogens with one attached hydrogen (secondary N) is 1. The van der Waals surface area contributed by atoms with Crippen molar-refractivity contribution in [3.63, 3.8) is 0 Å². The van der Waals surface area contributed by atoms with Crippen molar-refractivity contribution in [3.05, 3.63) is 24.0 Å². The van der Waals surface area contributed by atoms with Gasteiger partial charge in [-0.1, -0.05) is 6.07 Å². The maximum atomic E-state index is 13.5. The molecule has 0 amide bonds. The second-order valence-electron chi connectivity index (χ2n) is 3.78. The van der Waals surface area contributed by atoms with Crippen LogP contribution in [0.15, 0.2) is 23.1 Å². The zero-order valence-corrected chi connectivity index (χ0v) is 11.1. The van der Waals surface area contributed by atoms with Gasteiger partial charge >= 0.3 is 0 Å². The van der Waals surface area contributed by atoms with Crippen molar-refractivity contribution < 1.29 is 17.5 Å². The minimum absolute atomic E-state index is 0.0595. The Balaban J connectivity index is 2.87. The Bertz CT molecular complexity index is 485. The van der Waals surface area contributed by atoms with E-state index >= 15 is 0 Å². The number of benzene rings is 1. The van der Waals surface area contributed by atoms with Crippen LogP contribution in [0.25, 0.3) is 0 Å². The molecule has 1 rings (SSSR count). The first kappa shape index (κ1) is 14.9. The molecule has 5 nitrogen and oxygen atoms in total. The predicted molar refractivity (Wildman–Crippen MR) is 67.1 cm³/mol. The van der Waals surface area contributed by atoms with Crippen LogP contribution in [0, 0.1) is 5.82 Å². The van der Waals surface area contributed by atoms with Crippen LogP contribution in [0.1, 0.15) is 13.8 Å². The normalized spacial score (nSPS) is 13.5. The molecule has 0 heterocycles. The van der Waals surface area contributed by atoms with Gasteiger partial charge in [-0.25, -0.2) is 17.5 Å². The molecule has 0 aliphatic rings. The van der Waals surface area contributed by atoms with Crippen LogP contribution in [0.2, 0.25) is 0 Å². The quantitative estimate of drug-likeness (QED) is 0.763. The Labute approximate surface area is 106 Å². The van der Waals surface area contributed by atoms with E-state index in [1.807, 2.05) is 0 Å². The third kappa shape index (κ3) is 3.66. The summed E-state index contributed by atoms with van der Waals surface area (Å²) in [6, 6.07) is 3.74. The number of rotatable bonds is 6. The van der Waals surface area contributed by atoms with Gasteiger partial charge < -0.3 is 10.5 Å². The van der Waals surface area contributed by atoms with Crippen LogP contribution in [0.3, 0.4) is 0 Å². The van der Waals surface area contributed by atoms with E-state index in [2.05, 4.69) is 4.72 Å². The predicted octanol–water partition coefficient (Wildman–Crippen LogP) is 1.11. The van der Waals surface area contributed by atoms with Crippen molar-refractivity contribution in [3.8, 4) is 0 Å². The number of hydrogen-bond acceptors (Lipinski definition) is 4. The average Bonchev–Trinajstić information content (AvgIpc) is 2.26. The lowest BCUT2D eigenvalue weighted by atomic mass is 10.3. The van der Waals surface area contributed by atoms with E-state index in [9.17, 15) is 12.8 Å². The number of nitrogens with two attached hydrogens (primary N) is 1. The van der Waals surface area contributed by atoms with Gasteiger partial charge in [0.05, 0.1) is 11.8 Å². The first-order chi connectivity index (χ1) is 8.38. The highest BCUT2D eigenvalue weighted by Crippen LogP contribution is 2.21. The van der Waals surface area contributed by atoms with Crippen LogP contribution in [-0.4, -0.2) is 27.7 Å². The Morgan fingerprint density at radius 3 is 2.72 bits per heavy atom. The van der Waals surface area contributed by atoms with Gasteiger partial charge in [0, 0.05) is 13.2 Å². The maximum absolute atomic E-state index is 13.5. The molecule has 1 aromatic rings. The third-order valence-corrected chi connectivity index (χ3v) is 3.79. The van der Waals surface area contributed by atoms with Crippen LogP contribution < -0.4 is 10.5 Å². The minimum atomic E-state index is -3.97. The number of hydrogen-bond donors (Lipinski definition) is 2. The fourth-order valence-electron chi connectivity index (χ4n) is 1.45. The first-order valence-electron chi connectivity index (χ1n) is 5.53. The number of ether oxygens (including phenoxy) is 1. The van der Waals surface area contributed by atoms with Crippen molar-refractivity contribution in [1.82, 2.24) is 4.72 Å². The highest BCUT2D eigenvalue weighted by atomic mass is 32.2. The Kier molecular flexibility index (Phi) is 5.06. The lowest BCUT2D eigenvalue weighted by molar-refractivity contribution is 0.0799. The first-order valence-corrected chi connectivity index (χ1v) is 7.02. The molecule has 18 heavy (non-hydrogen) atoms. The molecule has 7 heteroatoms. The zero-order chi connectivity index (χ0) is 13.8. The van der Waals surface area contributed by atoms with Gasteiger partial charge in [0.1, 0.15) is 10.7 Å². The van der Waals surface area contributed by atoms with E-state index in [1.54, 1.807) is 13.8 Å². The summed E-state index contributed by atoms with van der Waals surface area (Å²) in [4.78, 5) is -0.520. The number of nitrogen functional groups attached to an aromatic ring is 1. The molecule has 0 bridgehead atoms.